The van der Waals surface area contributed by atoms with Crippen molar-refractivity contribution < 1.29 is 27.2 Å². The minimum atomic E-state index is -3.63. The third kappa shape index (κ3) is 4.59. The lowest BCUT2D eigenvalue weighted by Gasteiger charge is -2.33. The van der Waals surface area contributed by atoms with Crippen molar-refractivity contribution in [2.24, 2.45) is 0 Å². The average Bonchev–Trinajstić information content (AvgIpc) is 3.30. The predicted molar refractivity (Wildman–Crippen MR) is 118 cm³/mol. The molecule has 0 radical (unpaired) electrons. The molecule has 0 spiro atoms. The highest BCUT2D eigenvalue weighted by atomic mass is 32.2. The van der Waals surface area contributed by atoms with Crippen molar-refractivity contribution >= 4 is 33.2 Å². The number of anilines is 2. The van der Waals surface area contributed by atoms with E-state index in [0.717, 1.165) is 10.6 Å². The summed E-state index contributed by atoms with van der Waals surface area (Å²) in [5.41, 5.74) is 0.906. The molecule has 1 aliphatic rings. The van der Waals surface area contributed by atoms with Crippen LogP contribution in [0.3, 0.4) is 0 Å². The van der Waals surface area contributed by atoms with Gasteiger partial charge in [0.05, 0.1) is 42.5 Å². The van der Waals surface area contributed by atoms with Crippen LogP contribution >= 0.6 is 0 Å². The van der Waals surface area contributed by atoms with Crippen molar-refractivity contribution in [1.29, 1.82) is 0 Å². The summed E-state index contributed by atoms with van der Waals surface area (Å²) in [6.45, 7) is 0.00842. The maximum Gasteiger partial charge on any atom is 0.267 e. The molecule has 9 nitrogen and oxygen atoms in total. The Hall–Kier alpha value is -3.79. The van der Waals surface area contributed by atoms with Crippen LogP contribution in [0, 0.1) is 0 Å². The Kier molecular flexibility index (Phi) is 5.87. The molecule has 0 bridgehead atoms. The molecule has 10 heteroatoms. The van der Waals surface area contributed by atoms with Crippen molar-refractivity contribution in [3.8, 4) is 5.75 Å². The van der Waals surface area contributed by atoms with E-state index in [0.29, 0.717) is 11.4 Å². The Morgan fingerprint density at radius 3 is 2.56 bits per heavy atom. The van der Waals surface area contributed by atoms with Crippen LogP contribution in [0.25, 0.3) is 0 Å². The van der Waals surface area contributed by atoms with Crippen LogP contribution in [-0.4, -0.2) is 39.1 Å². The lowest BCUT2D eigenvalue weighted by molar-refractivity contribution is -0.122. The SMILES string of the molecule is CS(=O)(=O)N1CC(C(=O)Nc2ccccc2C(=O)NCc2ccco2)Oc2ccccc21. The molecule has 0 saturated carbocycles. The lowest BCUT2D eigenvalue weighted by atomic mass is 10.1. The molecule has 4 rings (SSSR count). The highest BCUT2D eigenvalue weighted by Crippen LogP contribution is 2.34. The number of hydrogen-bond donors (Lipinski definition) is 2. The molecule has 2 aromatic carbocycles. The summed E-state index contributed by atoms with van der Waals surface area (Å²) in [6, 6.07) is 16.6. The van der Waals surface area contributed by atoms with Crippen molar-refractivity contribution in [2.75, 3.05) is 22.4 Å². The van der Waals surface area contributed by atoms with Gasteiger partial charge < -0.3 is 19.8 Å². The summed E-state index contributed by atoms with van der Waals surface area (Å²) >= 11 is 0. The van der Waals surface area contributed by atoms with Gasteiger partial charge in [-0.15, -0.1) is 0 Å². The van der Waals surface area contributed by atoms with Crippen LogP contribution in [0.1, 0.15) is 16.1 Å². The first-order valence-electron chi connectivity index (χ1n) is 9.77. The molecule has 32 heavy (non-hydrogen) atoms. The van der Waals surface area contributed by atoms with E-state index in [1.54, 1.807) is 60.7 Å². The van der Waals surface area contributed by atoms with Gasteiger partial charge in [0.1, 0.15) is 11.5 Å². The average molecular weight is 455 g/mol. The monoisotopic (exact) mass is 455 g/mol. The van der Waals surface area contributed by atoms with Crippen molar-refractivity contribution in [3.05, 3.63) is 78.3 Å². The molecular weight excluding hydrogens is 434 g/mol. The number of hydrogen-bond acceptors (Lipinski definition) is 6. The van der Waals surface area contributed by atoms with Gasteiger partial charge in [-0.05, 0) is 36.4 Å². The van der Waals surface area contributed by atoms with Gasteiger partial charge in [-0.2, -0.15) is 0 Å². The molecule has 166 valence electrons. The molecule has 1 aliphatic heterocycles. The number of amides is 2. The number of furan rings is 1. The largest absolute Gasteiger partial charge is 0.476 e. The molecule has 2 heterocycles. The highest BCUT2D eigenvalue weighted by Gasteiger charge is 2.35. The number of rotatable bonds is 6. The first-order valence-corrected chi connectivity index (χ1v) is 11.6. The Morgan fingerprint density at radius 2 is 1.81 bits per heavy atom. The van der Waals surface area contributed by atoms with Gasteiger partial charge >= 0.3 is 0 Å². The summed E-state index contributed by atoms with van der Waals surface area (Å²) < 4.78 is 36.6. The third-order valence-corrected chi connectivity index (χ3v) is 6.01. The summed E-state index contributed by atoms with van der Waals surface area (Å²) in [5.74, 6) is -0.0896. The fourth-order valence-corrected chi connectivity index (χ4v) is 4.25. The number of benzene rings is 2. The van der Waals surface area contributed by atoms with Crippen LogP contribution < -0.4 is 19.7 Å². The van der Waals surface area contributed by atoms with E-state index >= 15 is 0 Å². The van der Waals surface area contributed by atoms with Gasteiger partial charge in [0.15, 0.2) is 6.10 Å². The first-order chi connectivity index (χ1) is 15.3. The molecule has 2 N–H and O–H groups in total. The molecule has 3 aromatic rings. The van der Waals surface area contributed by atoms with Crippen molar-refractivity contribution in [2.45, 2.75) is 12.6 Å². The van der Waals surface area contributed by atoms with Crippen molar-refractivity contribution in [3.63, 3.8) is 0 Å². The molecule has 2 amide bonds. The maximum atomic E-state index is 13.0. The number of para-hydroxylation sites is 3. The second-order valence-corrected chi connectivity index (χ2v) is 9.07. The quantitative estimate of drug-likeness (QED) is 0.589. The predicted octanol–water partition coefficient (Wildman–Crippen LogP) is 2.38. The zero-order valence-corrected chi connectivity index (χ0v) is 18.0. The number of ether oxygens (including phenoxy) is 1. The number of nitrogens with one attached hydrogen (secondary N) is 2. The van der Waals surface area contributed by atoms with Gasteiger partial charge in [0.25, 0.3) is 11.8 Å². The van der Waals surface area contributed by atoms with E-state index in [1.807, 2.05) is 0 Å². The number of nitrogens with zero attached hydrogens (tertiary/aromatic N) is 1. The Labute approximate surface area is 185 Å². The van der Waals surface area contributed by atoms with Crippen LogP contribution in [0.4, 0.5) is 11.4 Å². The van der Waals surface area contributed by atoms with E-state index in [4.69, 9.17) is 9.15 Å². The summed E-state index contributed by atoms with van der Waals surface area (Å²) in [6.07, 6.45) is 1.49. The fourth-order valence-electron chi connectivity index (χ4n) is 3.33. The molecule has 1 aromatic heterocycles. The minimum absolute atomic E-state index is 0.186. The zero-order valence-electron chi connectivity index (χ0n) is 17.1. The third-order valence-electron chi connectivity index (χ3n) is 4.86. The van der Waals surface area contributed by atoms with Crippen LogP contribution in [0.15, 0.2) is 71.3 Å². The molecule has 1 atom stereocenters. The molecule has 0 aliphatic carbocycles. The van der Waals surface area contributed by atoms with E-state index < -0.39 is 27.9 Å². The highest BCUT2D eigenvalue weighted by molar-refractivity contribution is 7.92. The molecule has 1 unspecified atom stereocenters. The van der Waals surface area contributed by atoms with Gasteiger partial charge in [-0.1, -0.05) is 24.3 Å². The van der Waals surface area contributed by atoms with Crippen molar-refractivity contribution in [1.82, 2.24) is 5.32 Å². The number of carbonyl (C=O) groups excluding carboxylic acids is 2. The van der Waals surface area contributed by atoms with E-state index in [2.05, 4.69) is 10.6 Å². The lowest BCUT2D eigenvalue weighted by Crippen LogP contribution is -2.48. The summed E-state index contributed by atoms with van der Waals surface area (Å²) in [5, 5.41) is 5.42. The Morgan fingerprint density at radius 1 is 1.06 bits per heavy atom. The van der Waals surface area contributed by atoms with Crippen LogP contribution in [0.2, 0.25) is 0 Å². The molecular formula is C22H21N3O6S. The number of carbonyl (C=O) groups is 2. The smallest absolute Gasteiger partial charge is 0.267 e. The zero-order chi connectivity index (χ0) is 22.7. The van der Waals surface area contributed by atoms with Crippen LogP contribution in [-0.2, 0) is 21.4 Å². The second-order valence-electron chi connectivity index (χ2n) is 7.17. The number of fused-ring (bicyclic) bond motifs is 1. The number of sulfonamides is 1. The van der Waals surface area contributed by atoms with E-state index in [9.17, 15) is 18.0 Å². The van der Waals surface area contributed by atoms with E-state index in [-0.39, 0.29) is 30.1 Å². The summed E-state index contributed by atoms with van der Waals surface area (Å²) in [4.78, 5) is 25.6. The Balaban J connectivity index is 1.51. The Bertz CT molecular complexity index is 1240. The fraction of sp³-hybridized carbons (Fsp3) is 0.182. The minimum Gasteiger partial charge on any atom is -0.476 e. The second kappa shape index (κ2) is 8.75. The van der Waals surface area contributed by atoms with Crippen LogP contribution in [0.5, 0.6) is 5.75 Å². The summed E-state index contributed by atoms with van der Waals surface area (Å²) in [7, 11) is -3.63. The standard InChI is InChI=1S/C22H21N3O6S/c1-32(28,29)25-14-20(31-19-11-5-4-10-18(19)25)22(27)24-17-9-3-2-8-16(17)21(26)23-13-15-7-6-12-30-15/h2-12,20H,13-14H2,1H3,(H,23,26)(H,24,27). The van der Waals surface area contributed by atoms with Gasteiger partial charge in [0.2, 0.25) is 10.0 Å². The molecule has 0 fully saturated rings. The molecule has 0 saturated heterocycles. The normalized spacial score (nSPS) is 15.4. The van der Waals surface area contributed by atoms with Gasteiger partial charge in [-0.3, -0.25) is 13.9 Å². The topological polar surface area (TPSA) is 118 Å². The van der Waals surface area contributed by atoms with E-state index in [1.165, 1.54) is 6.26 Å². The van der Waals surface area contributed by atoms with Gasteiger partial charge in [-0.25, -0.2) is 8.42 Å². The first kappa shape index (κ1) is 21.4. The maximum absolute atomic E-state index is 13.0. The van der Waals surface area contributed by atoms with Gasteiger partial charge in [0, 0.05) is 0 Å².